The molecule has 1 amide bonds. The fourth-order valence-corrected chi connectivity index (χ4v) is 2.98. The average molecular weight is 320 g/mol. The second-order valence-corrected chi connectivity index (χ2v) is 6.32. The van der Waals surface area contributed by atoms with Crippen LogP contribution in [0.1, 0.15) is 16.7 Å². The molecule has 2 rings (SSSR count). The highest BCUT2D eigenvalue weighted by Crippen LogP contribution is 2.20. The Labute approximate surface area is 134 Å². The number of hydrogen-bond donors (Lipinski definition) is 1. The number of rotatable bonds is 5. The molecule has 1 N–H and O–H groups in total. The van der Waals surface area contributed by atoms with Crippen LogP contribution in [-0.4, -0.2) is 11.7 Å². The highest BCUT2D eigenvalue weighted by atomic mass is 35.5. The van der Waals surface area contributed by atoms with Crippen molar-refractivity contribution in [3.63, 3.8) is 0 Å². The van der Waals surface area contributed by atoms with E-state index in [0.29, 0.717) is 10.8 Å². The van der Waals surface area contributed by atoms with Crippen molar-refractivity contribution in [2.24, 2.45) is 0 Å². The molecule has 0 unspecified atom stereocenters. The van der Waals surface area contributed by atoms with E-state index in [2.05, 4.69) is 24.4 Å². The maximum absolute atomic E-state index is 11.9. The molecule has 0 saturated heterocycles. The molecular weight excluding hydrogens is 302 g/mol. The average Bonchev–Trinajstić information content (AvgIpc) is 2.45. The second-order valence-electron chi connectivity index (χ2n) is 4.93. The predicted octanol–water partition coefficient (Wildman–Crippen LogP) is 4.83. The zero-order valence-corrected chi connectivity index (χ0v) is 13.7. The maximum Gasteiger partial charge on any atom is 0.234 e. The molecule has 0 aliphatic rings. The minimum Gasteiger partial charge on any atom is -0.325 e. The van der Waals surface area contributed by atoms with Gasteiger partial charge >= 0.3 is 0 Å². The molecule has 0 bridgehead atoms. The highest BCUT2D eigenvalue weighted by Gasteiger charge is 2.05. The van der Waals surface area contributed by atoms with Crippen LogP contribution in [0.5, 0.6) is 0 Å². The van der Waals surface area contributed by atoms with Crippen molar-refractivity contribution in [3.05, 3.63) is 64.2 Å². The number of anilines is 1. The van der Waals surface area contributed by atoms with E-state index in [1.54, 1.807) is 17.8 Å². The van der Waals surface area contributed by atoms with Gasteiger partial charge in [-0.15, -0.1) is 11.8 Å². The summed E-state index contributed by atoms with van der Waals surface area (Å²) in [5.41, 5.74) is 4.28. The van der Waals surface area contributed by atoms with Crippen molar-refractivity contribution in [1.82, 2.24) is 0 Å². The van der Waals surface area contributed by atoms with Crippen LogP contribution in [0.4, 0.5) is 5.69 Å². The van der Waals surface area contributed by atoms with E-state index < -0.39 is 0 Å². The number of carbonyl (C=O) groups is 1. The van der Waals surface area contributed by atoms with Crippen LogP contribution in [0, 0.1) is 13.8 Å². The second kappa shape index (κ2) is 7.53. The Kier molecular flexibility index (Phi) is 5.71. The molecule has 2 aromatic carbocycles. The lowest BCUT2D eigenvalue weighted by Crippen LogP contribution is -2.14. The van der Waals surface area contributed by atoms with E-state index in [0.717, 1.165) is 17.0 Å². The van der Waals surface area contributed by atoms with E-state index in [1.165, 1.54) is 11.1 Å². The molecule has 0 fully saturated rings. The molecule has 0 saturated carbocycles. The number of nitrogens with one attached hydrogen (secondary N) is 1. The molecule has 0 heterocycles. The van der Waals surface area contributed by atoms with Gasteiger partial charge in [0.15, 0.2) is 0 Å². The molecule has 2 aromatic rings. The lowest BCUT2D eigenvalue weighted by Gasteiger charge is -2.08. The van der Waals surface area contributed by atoms with Crippen LogP contribution in [0.25, 0.3) is 0 Å². The molecule has 2 nitrogen and oxygen atoms in total. The quantitative estimate of drug-likeness (QED) is 0.855. The summed E-state index contributed by atoms with van der Waals surface area (Å²) in [7, 11) is 0. The monoisotopic (exact) mass is 319 g/mol. The van der Waals surface area contributed by atoms with Gasteiger partial charge in [-0.2, -0.15) is 0 Å². The first kappa shape index (κ1) is 15.9. The third kappa shape index (κ3) is 4.80. The molecule has 110 valence electrons. The van der Waals surface area contributed by atoms with Crippen molar-refractivity contribution >= 4 is 35.0 Å². The predicted molar refractivity (Wildman–Crippen MR) is 92.2 cm³/mol. The summed E-state index contributed by atoms with van der Waals surface area (Å²) in [6.07, 6.45) is 0. The number of amides is 1. The van der Waals surface area contributed by atoms with Crippen molar-refractivity contribution in [3.8, 4) is 0 Å². The zero-order chi connectivity index (χ0) is 15.2. The number of benzene rings is 2. The maximum atomic E-state index is 11.9. The molecule has 0 aromatic heterocycles. The van der Waals surface area contributed by atoms with Gasteiger partial charge in [-0.25, -0.2) is 0 Å². The highest BCUT2D eigenvalue weighted by molar-refractivity contribution is 7.99. The number of thioether (sulfide) groups is 1. The van der Waals surface area contributed by atoms with E-state index >= 15 is 0 Å². The standard InChI is InChI=1S/C17H18ClNOS/c1-12-5-3-4-6-14(12)10-21-11-17(20)19-15-8-7-13(2)16(18)9-15/h3-9H,10-11H2,1-2H3,(H,19,20). The Balaban J connectivity index is 1.82. The third-order valence-corrected chi connectivity index (χ3v) is 4.60. The Bertz CT molecular complexity index is 642. The van der Waals surface area contributed by atoms with Crippen molar-refractivity contribution < 1.29 is 4.79 Å². The van der Waals surface area contributed by atoms with Crippen LogP contribution in [0.15, 0.2) is 42.5 Å². The van der Waals surface area contributed by atoms with E-state index in [-0.39, 0.29) is 5.91 Å². The van der Waals surface area contributed by atoms with Crippen LogP contribution in [0.2, 0.25) is 5.02 Å². The number of hydrogen-bond acceptors (Lipinski definition) is 2. The summed E-state index contributed by atoms with van der Waals surface area (Å²) >= 11 is 7.65. The minimum absolute atomic E-state index is 0.00601. The summed E-state index contributed by atoms with van der Waals surface area (Å²) in [5, 5.41) is 3.53. The number of carbonyl (C=O) groups excluding carboxylic acids is 1. The Hall–Kier alpha value is -1.45. The van der Waals surface area contributed by atoms with Gasteiger partial charge in [0.2, 0.25) is 5.91 Å². The van der Waals surface area contributed by atoms with Crippen LogP contribution < -0.4 is 5.32 Å². The van der Waals surface area contributed by atoms with Gasteiger partial charge < -0.3 is 5.32 Å². The third-order valence-electron chi connectivity index (χ3n) is 3.21. The summed E-state index contributed by atoms with van der Waals surface area (Å²) in [5.74, 6) is 1.27. The van der Waals surface area contributed by atoms with Crippen molar-refractivity contribution in [2.75, 3.05) is 11.1 Å². The van der Waals surface area contributed by atoms with Crippen LogP contribution in [-0.2, 0) is 10.5 Å². The lowest BCUT2D eigenvalue weighted by atomic mass is 10.1. The summed E-state index contributed by atoms with van der Waals surface area (Å²) in [6.45, 7) is 4.02. The normalized spacial score (nSPS) is 10.4. The molecule has 0 radical (unpaired) electrons. The summed E-state index contributed by atoms with van der Waals surface area (Å²) < 4.78 is 0. The first-order chi connectivity index (χ1) is 10.1. The largest absolute Gasteiger partial charge is 0.325 e. The van der Waals surface area contributed by atoms with Crippen LogP contribution >= 0.6 is 23.4 Å². The Morgan fingerprint density at radius 3 is 2.62 bits per heavy atom. The van der Waals surface area contributed by atoms with E-state index in [4.69, 9.17) is 11.6 Å². The molecule has 0 atom stereocenters. The first-order valence-corrected chi connectivity index (χ1v) is 8.28. The number of aryl methyl sites for hydroxylation is 2. The van der Waals surface area contributed by atoms with Gasteiger partial charge in [0.05, 0.1) is 5.75 Å². The molecule has 0 aliphatic carbocycles. The van der Waals surface area contributed by atoms with Gasteiger partial charge in [0.25, 0.3) is 0 Å². The SMILES string of the molecule is Cc1ccc(NC(=O)CSCc2ccccc2C)cc1Cl. The molecule has 4 heteroatoms. The fraction of sp³-hybridized carbons (Fsp3) is 0.235. The Morgan fingerprint density at radius 1 is 1.14 bits per heavy atom. The van der Waals surface area contributed by atoms with Gasteiger partial charge in [0, 0.05) is 16.5 Å². The molecule has 21 heavy (non-hydrogen) atoms. The summed E-state index contributed by atoms with van der Waals surface area (Å²) in [4.78, 5) is 11.9. The summed E-state index contributed by atoms with van der Waals surface area (Å²) in [6, 6.07) is 13.8. The Morgan fingerprint density at radius 2 is 1.90 bits per heavy atom. The van der Waals surface area contributed by atoms with Crippen molar-refractivity contribution in [1.29, 1.82) is 0 Å². The lowest BCUT2D eigenvalue weighted by molar-refractivity contribution is -0.113. The number of halogens is 1. The minimum atomic E-state index is -0.00601. The fourth-order valence-electron chi connectivity index (χ4n) is 1.89. The smallest absolute Gasteiger partial charge is 0.234 e. The van der Waals surface area contributed by atoms with Gasteiger partial charge in [-0.05, 0) is 42.7 Å². The van der Waals surface area contributed by atoms with Crippen molar-refractivity contribution in [2.45, 2.75) is 19.6 Å². The topological polar surface area (TPSA) is 29.1 Å². The molecule has 0 aliphatic heterocycles. The van der Waals surface area contributed by atoms with Gasteiger partial charge in [-0.1, -0.05) is 41.9 Å². The van der Waals surface area contributed by atoms with E-state index in [1.807, 2.05) is 31.2 Å². The zero-order valence-electron chi connectivity index (χ0n) is 12.2. The van der Waals surface area contributed by atoms with Gasteiger partial charge in [0.1, 0.15) is 0 Å². The molecular formula is C17H18ClNOS. The van der Waals surface area contributed by atoms with Crippen LogP contribution in [0.3, 0.4) is 0 Å². The van der Waals surface area contributed by atoms with Gasteiger partial charge in [-0.3, -0.25) is 4.79 Å². The first-order valence-electron chi connectivity index (χ1n) is 6.74. The van der Waals surface area contributed by atoms with E-state index in [9.17, 15) is 4.79 Å². The molecule has 0 spiro atoms.